The van der Waals surface area contributed by atoms with Crippen LogP contribution in [0.25, 0.3) is 0 Å². The quantitative estimate of drug-likeness (QED) is 0.713. The van der Waals surface area contributed by atoms with Crippen molar-refractivity contribution in [1.82, 2.24) is 0 Å². The predicted octanol–water partition coefficient (Wildman–Crippen LogP) is 2.01. The Kier molecular flexibility index (Phi) is 6.31. The molecule has 7 nitrogen and oxygen atoms in total. The van der Waals surface area contributed by atoms with E-state index in [-0.39, 0.29) is 30.0 Å². The van der Waals surface area contributed by atoms with Gasteiger partial charge in [-0.25, -0.2) is 0 Å². The van der Waals surface area contributed by atoms with E-state index in [2.05, 4.69) is 4.74 Å². The Labute approximate surface area is 147 Å². The third kappa shape index (κ3) is 3.66. The lowest BCUT2D eigenvalue weighted by Gasteiger charge is -2.42. The normalized spacial score (nSPS) is 24.2. The minimum Gasteiger partial charge on any atom is -0.468 e. The zero-order chi connectivity index (χ0) is 19.4. The van der Waals surface area contributed by atoms with Gasteiger partial charge in [0.2, 0.25) is 0 Å². The number of rotatable bonds is 4. The molecule has 1 aliphatic carbocycles. The van der Waals surface area contributed by atoms with Crippen molar-refractivity contribution in [1.29, 1.82) is 10.5 Å². The molecule has 1 fully saturated rings. The lowest BCUT2D eigenvalue weighted by molar-refractivity contribution is -0.167. The van der Waals surface area contributed by atoms with E-state index >= 15 is 0 Å². The van der Waals surface area contributed by atoms with E-state index in [1.165, 1.54) is 0 Å². The highest BCUT2D eigenvalue weighted by Crippen LogP contribution is 2.48. The summed E-state index contributed by atoms with van der Waals surface area (Å²) in [4.78, 5) is 37.2. The van der Waals surface area contributed by atoms with Crippen LogP contribution in [0.2, 0.25) is 0 Å². The van der Waals surface area contributed by atoms with Crippen molar-refractivity contribution in [2.75, 3.05) is 14.2 Å². The van der Waals surface area contributed by atoms with Gasteiger partial charge in [0.25, 0.3) is 0 Å². The van der Waals surface area contributed by atoms with Crippen LogP contribution >= 0.6 is 0 Å². The molecule has 4 atom stereocenters. The maximum atomic E-state index is 12.6. The molecule has 1 rings (SSSR count). The molecule has 0 heterocycles. The van der Waals surface area contributed by atoms with E-state index in [1.54, 1.807) is 12.1 Å². The molecule has 0 aromatic rings. The van der Waals surface area contributed by atoms with Crippen LogP contribution in [0.3, 0.4) is 0 Å². The first kappa shape index (κ1) is 20.6. The van der Waals surface area contributed by atoms with Gasteiger partial charge in [-0.2, -0.15) is 10.5 Å². The molecule has 0 aromatic heterocycles. The van der Waals surface area contributed by atoms with E-state index in [1.807, 2.05) is 20.8 Å². The number of hydrogen-bond acceptors (Lipinski definition) is 7. The lowest BCUT2D eigenvalue weighted by atomic mass is 9.58. The van der Waals surface area contributed by atoms with Gasteiger partial charge in [-0.15, -0.1) is 0 Å². The van der Waals surface area contributed by atoms with Gasteiger partial charge in [-0.05, 0) is 24.2 Å². The van der Waals surface area contributed by atoms with Crippen molar-refractivity contribution in [2.45, 2.75) is 40.0 Å². The van der Waals surface area contributed by atoms with Crippen molar-refractivity contribution >= 4 is 17.7 Å². The third-order valence-electron chi connectivity index (χ3n) is 5.15. The van der Waals surface area contributed by atoms with Crippen molar-refractivity contribution in [2.24, 2.45) is 28.6 Å². The van der Waals surface area contributed by atoms with Crippen molar-refractivity contribution < 1.29 is 23.9 Å². The van der Waals surface area contributed by atoms with Gasteiger partial charge >= 0.3 is 11.9 Å². The van der Waals surface area contributed by atoms with Crippen molar-refractivity contribution in [3.8, 4) is 12.1 Å². The highest BCUT2D eigenvalue weighted by molar-refractivity contribution is 5.96. The fourth-order valence-electron chi connectivity index (χ4n) is 3.53. The summed E-state index contributed by atoms with van der Waals surface area (Å²) in [6.07, 6.45) is 1.06. The standard InChI is InChI=1S/C18H24N2O5/c1-17(2,3)11-6-7-14(21)12(8-11)18(10-20,16(23)25-5)13(9-19)15(22)24-4/h11-13H,6-8H2,1-5H3/t11-,12-,13-,18-/m0/s1. The van der Waals surface area contributed by atoms with Crippen LogP contribution in [0, 0.1) is 51.2 Å². The molecule has 1 aliphatic rings. The summed E-state index contributed by atoms with van der Waals surface area (Å²) in [5.74, 6) is -5.16. The zero-order valence-electron chi connectivity index (χ0n) is 15.3. The molecule has 0 unspecified atom stereocenters. The Morgan fingerprint density at radius 2 is 1.80 bits per heavy atom. The average Bonchev–Trinajstić information content (AvgIpc) is 2.58. The lowest BCUT2D eigenvalue weighted by Crippen LogP contribution is -2.52. The summed E-state index contributed by atoms with van der Waals surface area (Å²) < 4.78 is 9.33. The van der Waals surface area contributed by atoms with Crippen LogP contribution < -0.4 is 0 Å². The molecule has 0 bridgehead atoms. The number of methoxy groups -OCH3 is 2. The maximum absolute atomic E-state index is 12.6. The second-order valence-electron chi connectivity index (χ2n) is 7.41. The number of esters is 2. The molecular formula is C18H24N2O5. The van der Waals surface area contributed by atoms with Crippen LogP contribution in [-0.4, -0.2) is 31.9 Å². The van der Waals surface area contributed by atoms with Crippen LogP contribution in [0.15, 0.2) is 0 Å². The molecule has 0 amide bonds. The number of carbonyl (C=O) groups is 3. The van der Waals surface area contributed by atoms with E-state index in [0.29, 0.717) is 6.42 Å². The van der Waals surface area contributed by atoms with Gasteiger partial charge in [-0.3, -0.25) is 14.4 Å². The zero-order valence-corrected chi connectivity index (χ0v) is 15.3. The van der Waals surface area contributed by atoms with Crippen LogP contribution in [0.1, 0.15) is 40.0 Å². The highest BCUT2D eigenvalue weighted by Gasteiger charge is 2.61. The van der Waals surface area contributed by atoms with Gasteiger partial charge in [0.15, 0.2) is 11.3 Å². The fourth-order valence-corrected chi connectivity index (χ4v) is 3.53. The summed E-state index contributed by atoms with van der Waals surface area (Å²) in [5, 5.41) is 19.3. The van der Waals surface area contributed by atoms with Crippen LogP contribution in [0.4, 0.5) is 0 Å². The highest BCUT2D eigenvalue weighted by atomic mass is 16.5. The number of ether oxygens (including phenoxy) is 2. The largest absolute Gasteiger partial charge is 0.468 e. The molecule has 0 radical (unpaired) electrons. The van der Waals surface area contributed by atoms with E-state index in [0.717, 1.165) is 14.2 Å². The third-order valence-corrected chi connectivity index (χ3v) is 5.15. The number of Topliss-reactive ketones (excluding diaryl/α,β-unsaturated/α-hetero) is 1. The van der Waals surface area contributed by atoms with E-state index in [9.17, 15) is 24.9 Å². The van der Waals surface area contributed by atoms with Crippen molar-refractivity contribution in [3.63, 3.8) is 0 Å². The summed E-state index contributed by atoms with van der Waals surface area (Å²) in [5.41, 5.74) is -2.36. The van der Waals surface area contributed by atoms with Crippen LogP contribution in [0.5, 0.6) is 0 Å². The Morgan fingerprint density at radius 1 is 1.20 bits per heavy atom. The summed E-state index contributed by atoms with van der Waals surface area (Å²) in [6, 6.07) is 3.47. The number of carbonyl (C=O) groups excluding carboxylic acids is 3. The van der Waals surface area contributed by atoms with Crippen molar-refractivity contribution in [3.05, 3.63) is 0 Å². The molecule has 7 heteroatoms. The SMILES string of the molecule is COC(=O)[C@H](C#N)[C@@](C#N)(C(=O)OC)[C@H]1C[C@@H](C(C)(C)C)CCC1=O. The van der Waals surface area contributed by atoms with Gasteiger partial charge in [0.05, 0.1) is 26.4 Å². The summed E-state index contributed by atoms with van der Waals surface area (Å²) in [6.45, 7) is 6.04. The Bertz CT molecular complexity index is 637. The van der Waals surface area contributed by atoms with E-state index < -0.39 is 29.2 Å². The topological polar surface area (TPSA) is 117 Å². The molecule has 0 spiro atoms. The molecular weight excluding hydrogens is 324 g/mol. The van der Waals surface area contributed by atoms with Gasteiger partial charge < -0.3 is 9.47 Å². The maximum Gasteiger partial charge on any atom is 0.328 e. The molecule has 0 aliphatic heterocycles. The first-order chi connectivity index (χ1) is 11.6. The predicted molar refractivity (Wildman–Crippen MR) is 86.5 cm³/mol. The van der Waals surface area contributed by atoms with Crippen LogP contribution in [-0.2, 0) is 23.9 Å². The van der Waals surface area contributed by atoms with Gasteiger partial charge in [-0.1, -0.05) is 20.8 Å². The second-order valence-corrected chi connectivity index (χ2v) is 7.41. The molecule has 0 N–H and O–H groups in total. The summed E-state index contributed by atoms with van der Waals surface area (Å²) in [7, 11) is 2.13. The Balaban J connectivity index is 3.53. The number of ketones is 1. The van der Waals surface area contributed by atoms with Gasteiger partial charge in [0, 0.05) is 12.3 Å². The number of nitriles is 2. The number of nitrogens with zero attached hydrogens (tertiary/aromatic N) is 2. The molecule has 0 saturated heterocycles. The average molecular weight is 348 g/mol. The monoisotopic (exact) mass is 348 g/mol. The Hall–Kier alpha value is -2.41. The minimum absolute atomic E-state index is 0.0598. The fraction of sp³-hybridized carbons (Fsp3) is 0.722. The van der Waals surface area contributed by atoms with Gasteiger partial charge in [0.1, 0.15) is 5.78 Å². The molecule has 136 valence electrons. The Morgan fingerprint density at radius 3 is 2.20 bits per heavy atom. The molecule has 25 heavy (non-hydrogen) atoms. The van der Waals surface area contributed by atoms with E-state index in [4.69, 9.17) is 4.74 Å². The molecule has 1 saturated carbocycles. The summed E-state index contributed by atoms with van der Waals surface area (Å²) >= 11 is 0. The number of hydrogen-bond donors (Lipinski definition) is 0. The smallest absolute Gasteiger partial charge is 0.328 e. The first-order valence-electron chi connectivity index (χ1n) is 8.09. The first-order valence-corrected chi connectivity index (χ1v) is 8.09. The minimum atomic E-state index is -2.21. The second kappa shape index (κ2) is 7.65. The molecule has 0 aromatic carbocycles.